The zero-order valence-electron chi connectivity index (χ0n) is 11.3. The quantitative estimate of drug-likeness (QED) is 0.856. The third-order valence-corrected chi connectivity index (χ3v) is 3.82. The van der Waals surface area contributed by atoms with E-state index in [0.717, 1.165) is 25.2 Å². The molecule has 100 valence electrons. The number of fused-ring (bicyclic) bond motifs is 2. The molecule has 0 spiro atoms. The van der Waals surface area contributed by atoms with Gasteiger partial charge >= 0.3 is 5.97 Å². The van der Waals surface area contributed by atoms with E-state index in [2.05, 4.69) is 35.1 Å². The lowest BCUT2D eigenvalue weighted by Gasteiger charge is -2.03. The van der Waals surface area contributed by atoms with Crippen LogP contribution in [-0.4, -0.2) is 17.6 Å². The van der Waals surface area contributed by atoms with Gasteiger partial charge in [0.05, 0.1) is 13.5 Å². The highest BCUT2D eigenvalue weighted by molar-refractivity contribution is 5.89. The summed E-state index contributed by atoms with van der Waals surface area (Å²) in [7, 11) is 1.43. The molecule has 19 heavy (non-hydrogen) atoms. The third-order valence-electron chi connectivity index (χ3n) is 3.82. The first-order chi connectivity index (χ1) is 9.22. The molecule has 1 aliphatic rings. The number of ether oxygens (including phenoxy) is 1. The fourth-order valence-corrected chi connectivity index (χ4v) is 2.79. The van der Waals surface area contributed by atoms with E-state index in [9.17, 15) is 4.79 Å². The third kappa shape index (κ3) is 2.02. The van der Waals surface area contributed by atoms with E-state index in [-0.39, 0.29) is 5.97 Å². The van der Waals surface area contributed by atoms with Gasteiger partial charge in [-0.15, -0.1) is 0 Å². The van der Waals surface area contributed by atoms with Crippen LogP contribution in [0.2, 0.25) is 0 Å². The molecule has 0 amide bonds. The normalized spacial score (nSPS) is 13.8. The summed E-state index contributed by atoms with van der Waals surface area (Å²) in [6.45, 7) is 4.88. The van der Waals surface area contributed by atoms with Crippen molar-refractivity contribution in [2.75, 3.05) is 7.11 Å². The number of carbonyl (C=O) groups excluding carboxylic acids is 1. The Bertz CT molecular complexity index is 643. The average Bonchev–Trinajstić information content (AvgIpc) is 3.00. The highest BCUT2D eigenvalue weighted by Gasteiger charge is 2.17. The number of aromatic nitrogens is 1. The van der Waals surface area contributed by atoms with Crippen LogP contribution in [0.25, 0.3) is 10.9 Å². The first kappa shape index (κ1) is 12.2. The molecule has 0 aliphatic carbocycles. The second-order valence-corrected chi connectivity index (χ2v) is 4.93. The number of methoxy groups -OCH3 is 1. The summed E-state index contributed by atoms with van der Waals surface area (Å²) >= 11 is 0. The molecule has 1 aliphatic heterocycles. The average molecular weight is 258 g/mol. The van der Waals surface area contributed by atoms with E-state index in [1.807, 2.05) is 0 Å². The van der Waals surface area contributed by atoms with Crippen molar-refractivity contribution in [3.8, 4) is 0 Å². The highest BCUT2D eigenvalue weighted by atomic mass is 16.5. The van der Waals surface area contributed by atoms with E-state index in [4.69, 9.17) is 4.74 Å². The van der Waals surface area contributed by atoms with Gasteiger partial charge in [-0.05, 0) is 35.7 Å². The van der Waals surface area contributed by atoms with Gasteiger partial charge in [-0.1, -0.05) is 0 Å². The molecule has 3 rings (SSSR count). The summed E-state index contributed by atoms with van der Waals surface area (Å²) < 4.78 is 6.98. The number of benzene rings is 1. The molecule has 4 heteroatoms. The monoisotopic (exact) mass is 258 g/mol. The molecule has 2 heterocycles. The van der Waals surface area contributed by atoms with E-state index < -0.39 is 0 Å². The fourth-order valence-electron chi connectivity index (χ4n) is 2.79. The van der Waals surface area contributed by atoms with Crippen molar-refractivity contribution in [3.63, 3.8) is 0 Å². The number of hydrogen-bond donors (Lipinski definition) is 1. The molecular formula is C15H18N2O2. The molecule has 1 aromatic carbocycles. The fraction of sp³-hybridized carbons (Fsp3) is 0.400. The van der Waals surface area contributed by atoms with E-state index >= 15 is 0 Å². The molecule has 0 fully saturated rings. The van der Waals surface area contributed by atoms with Gasteiger partial charge in [0.25, 0.3) is 0 Å². The number of hydrogen-bond acceptors (Lipinski definition) is 3. The molecule has 0 radical (unpaired) electrons. The Morgan fingerprint density at radius 2 is 2.11 bits per heavy atom. The van der Waals surface area contributed by atoms with Crippen molar-refractivity contribution in [1.82, 2.24) is 9.88 Å². The van der Waals surface area contributed by atoms with Crippen LogP contribution in [0.15, 0.2) is 18.3 Å². The van der Waals surface area contributed by atoms with E-state index in [0.29, 0.717) is 6.42 Å². The van der Waals surface area contributed by atoms with Crippen molar-refractivity contribution in [1.29, 1.82) is 0 Å². The van der Waals surface area contributed by atoms with Gasteiger partial charge in [-0.25, -0.2) is 0 Å². The van der Waals surface area contributed by atoms with Crippen LogP contribution in [0.4, 0.5) is 0 Å². The smallest absolute Gasteiger partial charge is 0.310 e. The van der Waals surface area contributed by atoms with Crippen LogP contribution in [0.5, 0.6) is 0 Å². The van der Waals surface area contributed by atoms with Gasteiger partial charge < -0.3 is 14.6 Å². The summed E-state index contributed by atoms with van der Waals surface area (Å²) in [6, 6.07) is 4.46. The second-order valence-electron chi connectivity index (χ2n) is 4.93. The Labute approximate surface area is 112 Å². The van der Waals surface area contributed by atoms with E-state index in [1.54, 1.807) is 0 Å². The Morgan fingerprint density at radius 3 is 2.79 bits per heavy atom. The largest absolute Gasteiger partial charge is 0.469 e. The summed E-state index contributed by atoms with van der Waals surface area (Å²) in [5.74, 6) is -0.186. The lowest BCUT2D eigenvalue weighted by molar-refractivity contribution is -0.139. The zero-order valence-corrected chi connectivity index (χ0v) is 11.3. The number of rotatable bonds is 3. The van der Waals surface area contributed by atoms with Crippen molar-refractivity contribution in [2.45, 2.75) is 33.0 Å². The summed E-state index contributed by atoms with van der Waals surface area (Å²) in [5, 5.41) is 4.54. The molecule has 1 aromatic heterocycles. The van der Waals surface area contributed by atoms with Crippen LogP contribution in [-0.2, 0) is 35.6 Å². The molecular weight excluding hydrogens is 240 g/mol. The topological polar surface area (TPSA) is 43.3 Å². The highest BCUT2D eigenvalue weighted by Crippen LogP contribution is 2.28. The maximum absolute atomic E-state index is 11.5. The Morgan fingerprint density at radius 1 is 1.37 bits per heavy atom. The van der Waals surface area contributed by atoms with Gasteiger partial charge in [0.15, 0.2) is 0 Å². The Kier molecular flexibility index (Phi) is 3.03. The molecule has 0 bridgehead atoms. The molecule has 4 nitrogen and oxygen atoms in total. The predicted octanol–water partition coefficient (Wildman–Crippen LogP) is 1.98. The molecule has 0 atom stereocenters. The SMILES string of the molecule is CCn1cc(CC(=O)OC)c2cc3c(cc21)CNC3. The second kappa shape index (κ2) is 4.70. The van der Waals surface area contributed by atoms with Gasteiger partial charge in [0, 0.05) is 36.7 Å². The van der Waals surface area contributed by atoms with Crippen molar-refractivity contribution in [2.24, 2.45) is 0 Å². The number of carbonyl (C=O) groups is 1. The first-order valence-corrected chi connectivity index (χ1v) is 6.64. The van der Waals surface area contributed by atoms with Gasteiger partial charge in [-0.2, -0.15) is 0 Å². The van der Waals surface area contributed by atoms with Crippen molar-refractivity contribution in [3.05, 3.63) is 35.0 Å². The van der Waals surface area contributed by atoms with Gasteiger partial charge in [0.1, 0.15) is 0 Å². The summed E-state index contributed by atoms with van der Waals surface area (Å²) in [5.41, 5.74) is 4.97. The summed E-state index contributed by atoms with van der Waals surface area (Å²) in [6.07, 6.45) is 2.41. The molecule has 0 saturated heterocycles. The Hall–Kier alpha value is -1.81. The molecule has 1 N–H and O–H groups in total. The minimum absolute atomic E-state index is 0.186. The molecule has 2 aromatic rings. The minimum Gasteiger partial charge on any atom is -0.469 e. The molecule has 0 unspecified atom stereocenters. The summed E-state index contributed by atoms with van der Waals surface area (Å²) in [4.78, 5) is 11.5. The van der Waals surface area contributed by atoms with E-state index in [1.165, 1.54) is 29.1 Å². The van der Waals surface area contributed by atoms with Crippen LogP contribution in [0, 0.1) is 0 Å². The van der Waals surface area contributed by atoms with Crippen LogP contribution in [0.3, 0.4) is 0 Å². The van der Waals surface area contributed by atoms with Gasteiger partial charge in [-0.3, -0.25) is 4.79 Å². The maximum Gasteiger partial charge on any atom is 0.310 e. The van der Waals surface area contributed by atoms with Crippen LogP contribution >= 0.6 is 0 Å². The van der Waals surface area contributed by atoms with Crippen molar-refractivity contribution < 1.29 is 9.53 Å². The number of aryl methyl sites for hydroxylation is 1. The number of esters is 1. The number of nitrogens with one attached hydrogen (secondary N) is 1. The first-order valence-electron chi connectivity index (χ1n) is 6.64. The van der Waals surface area contributed by atoms with Crippen LogP contribution in [0.1, 0.15) is 23.6 Å². The lowest BCUT2D eigenvalue weighted by Crippen LogP contribution is -2.04. The molecule has 0 saturated carbocycles. The number of nitrogens with zero attached hydrogens (tertiary/aromatic N) is 1. The van der Waals surface area contributed by atoms with Crippen molar-refractivity contribution >= 4 is 16.9 Å². The Balaban J connectivity index is 2.14. The maximum atomic E-state index is 11.5. The minimum atomic E-state index is -0.186. The predicted molar refractivity (Wildman–Crippen MR) is 73.9 cm³/mol. The standard InChI is InChI=1S/C15H18N2O2/c1-3-17-9-12(6-15(18)19-2)13-4-10-7-16-8-11(10)5-14(13)17/h4-5,9,16H,3,6-8H2,1-2H3. The lowest BCUT2D eigenvalue weighted by atomic mass is 10.0. The zero-order chi connectivity index (χ0) is 13.4. The van der Waals surface area contributed by atoms with Crippen LogP contribution < -0.4 is 5.32 Å². The van der Waals surface area contributed by atoms with Gasteiger partial charge in [0.2, 0.25) is 0 Å².